The molecule has 0 bridgehead atoms. The normalized spacial score (nSPS) is 10.1. The first-order chi connectivity index (χ1) is 8.74. The number of nitrogens with zero attached hydrogens (tertiary/aromatic N) is 3. The molecule has 0 saturated heterocycles. The molecule has 0 aliphatic heterocycles. The number of hydrogen-bond donors (Lipinski definition) is 0. The highest BCUT2D eigenvalue weighted by Gasteiger charge is 2.09. The maximum absolute atomic E-state index is 9.06. The van der Waals surface area contributed by atoms with Crippen LogP contribution in [0.1, 0.15) is 24.5 Å². The Hall–Kier alpha value is -2.28. The summed E-state index contributed by atoms with van der Waals surface area (Å²) in [4.78, 5) is 0. The number of hydrogen-bond acceptors (Lipinski definition) is 3. The number of nitriles is 1. The van der Waals surface area contributed by atoms with Crippen LogP contribution in [0.4, 0.5) is 0 Å². The van der Waals surface area contributed by atoms with Crippen LogP contribution >= 0.6 is 0 Å². The van der Waals surface area contributed by atoms with E-state index in [1.165, 1.54) is 0 Å². The molecule has 2 aromatic rings. The van der Waals surface area contributed by atoms with Gasteiger partial charge >= 0.3 is 0 Å². The van der Waals surface area contributed by atoms with Gasteiger partial charge in [-0.25, -0.2) is 0 Å². The summed E-state index contributed by atoms with van der Waals surface area (Å²) in [5, 5.41) is 13.3. The first kappa shape index (κ1) is 12.2. The van der Waals surface area contributed by atoms with E-state index >= 15 is 0 Å². The minimum absolute atomic E-state index is 0.540. The van der Waals surface area contributed by atoms with Crippen molar-refractivity contribution in [1.82, 2.24) is 9.78 Å². The molecule has 0 saturated carbocycles. The first-order valence-electron chi connectivity index (χ1n) is 5.94. The van der Waals surface area contributed by atoms with E-state index < -0.39 is 0 Å². The van der Waals surface area contributed by atoms with Crippen LogP contribution < -0.4 is 4.74 Å². The number of aromatic nitrogens is 2. The van der Waals surface area contributed by atoms with Crippen LogP contribution in [-0.4, -0.2) is 9.78 Å². The van der Waals surface area contributed by atoms with Crippen LogP contribution in [0.5, 0.6) is 11.5 Å². The Balaban J connectivity index is 2.25. The van der Waals surface area contributed by atoms with Gasteiger partial charge in [0.1, 0.15) is 11.8 Å². The van der Waals surface area contributed by atoms with E-state index in [1.54, 1.807) is 12.3 Å². The quantitative estimate of drug-likeness (QED) is 0.825. The molecular weight excluding hydrogens is 226 g/mol. The highest BCUT2D eigenvalue weighted by molar-refractivity contribution is 5.49. The van der Waals surface area contributed by atoms with Crippen LogP contribution in [0.25, 0.3) is 0 Å². The SMILES string of the molecule is CCCn1cc(Oc2c(C)cccc2C#N)cn1. The molecule has 4 heteroatoms. The van der Waals surface area contributed by atoms with Crippen LogP contribution in [0, 0.1) is 18.3 Å². The molecule has 0 unspecified atom stereocenters. The van der Waals surface area contributed by atoms with Crippen LogP contribution in [-0.2, 0) is 6.54 Å². The van der Waals surface area contributed by atoms with E-state index in [0.717, 1.165) is 18.5 Å². The first-order valence-corrected chi connectivity index (χ1v) is 5.94. The average Bonchev–Trinajstić information content (AvgIpc) is 2.80. The standard InChI is InChI=1S/C14H15N3O/c1-3-7-17-10-13(9-16-17)18-14-11(2)5-4-6-12(14)8-15/h4-6,9-10H,3,7H2,1-2H3. The van der Waals surface area contributed by atoms with Crippen LogP contribution in [0.3, 0.4) is 0 Å². The van der Waals surface area contributed by atoms with Crippen molar-refractivity contribution in [2.24, 2.45) is 0 Å². The molecule has 1 heterocycles. The molecule has 2 rings (SSSR count). The van der Waals surface area contributed by atoms with E-state index in [1.807, 2.05) is 29.9 Å². The van der Waals surface area contributed by atoms with Crippen molar-refractivity contribution in [3.05, 3.63) is 41.7 Å². The fraction of sp³-hybridized carbons (Fsp3) is 0.286. The third-order valence-electron chi connectivity index (χ3n) is 2.61. The second-order valence-electron chi connectivity index (χ2n) is 4.10. The summed E-state index contributed by atoms with van der Waals surface area (Å²) in [6.45, 7) is 4.88. The van der Waals surface area contributed by atoms with Gasteiger partial charge < -0.3 is 4.74 Å². The van der Waals surface area contributed by atoms with Gasteiger partial charge in [-0.2, -0.15) is 10.4 Å². The fourth-order valence-corrected chi connectivity index (χ4v) is 1.74. The summed E-state index contributed by atoms with van der Waals surface area (Å²) in [6.07, 6.45) is 4.54. The Kier molecular flexibility index (Phi) is 3.63. The Labute approximate surface area is 106 Å². The third kappa shape index (κ3) is 2.51. The Morgan fingerprint density at radius 2 is 2.28 bits per heavy atom. The number of rotatable bonds is 4. The smallest absolute Gasteiger partial charge is 0.165 e. The van der Waals surface area contributed by atoms with E-state index in [9.17, 15) is 0 Å². The van der Waals surface area contributed by atoms with E-state index in [4.69, 9.17) is 10.00 Å². The Morgan fingerprint density at radius 3 is 3.00 bits per heavy atom. The van der Waals surface area contributed by atoms with Crippen LogP contribution in [0.2, 0.25) is 0 Å². The highest BCUT2D eigenvalue weighted by Crippen LogP contribution is 2.28. The van der Waals surface area contributed by atoms with Crippen LogP contribution in [0.15, 0.2) is 30.6 Å². The zero-order valence-electron chi connectivity index (χ0n) is 10.6. The summed E-state index contributed by atoms with van der Waals surface area (Å²) in [5.74, 6) is 1.27. The maximum Gasteiger partial charge on any atom is 0.165 e. The topological polar surface area (TPSA) is 50.8 Å². The number of aryl methyl sites for hydroxylation is 2. The molecule has 0 fully saturated rings. The summed E-state index contributed by atoms with van der Waals surface area (Å²) in [7, 11) is 0. The van der Waals surface area contributed by atoms with Gasteiger partial charge in [0.2, 0.25) is 0 Å². The predicted molar refractivity (Wildman–Crippen MR) is 68.5 cm³/mol. The largest absolute Gasteiger partial charge is 0.452 e. The van der Waals surface area contributed by atoms with Crippen molar-refractivity contribution >= 4 is 0 Å². The number of ether oxygens (including phenoxy) is 1. The average molecular weight is 241 g/mol. The van der Waals surface area contributed by atoms with Gasteiger partial charge in [-0.05, 0) is 25.0 Å². The van der Waals surface area contributed by atoms with E-state index in [0.29, 0.717) is 17.1 Å². The van der Waals surface area contributed by atoms with Gasteiger partial charge in [0.15, 0.2) is 5.75 Å². The van der Waals surface area contributed by atoms with Crippen molar-refractivity contribution in [2.45, 2.75) is 26.8 Å². The van der Waals surface area contributed by atoms with Gasteiger partial charge in [0, 0.05) is 6.54 Å². The van der Waals surface area contributed by atoms with Gasteiger partial charge in [0.25, 0.3) is 0 Å². The lowest BCUT2D eigenvalue weighted by Gasteiger charge is -2.07. The lowest BCUT2D eigenvalue weighted by molar-refractivity contribution is 0.475. The van der Waals surface area contributed by atoms with Crippen molar-refractivity contribution in [3.63, 3.8) is 0 Å². The molecule has 4 nitrogen and oxygen atoms in total. The zero-order valence-corrected chi connectivity index (χ0v) is 10.6. The molecule has 92 valence electrons. The summed E-state index contributed by atoms with van der Waals surface area (Å²) in [6, 6.07) is 7.66. The van der Waals surface area contributed by atoms with E-state index in [2.05, 4.69) is 18.1 Å². The molecule has 0 aliphatic carbocycles. The summed E-state index contributed by atoms with van der Waals surface area (Å²) >= 11 is 0. The molecule has 0 atom stereocenters. The molecule has 1 aromatic heterocycles. The summed E-state index contributed by atoms with van der Waals surface area (Å²) < 4.78 is 7.59. The number of para-hydroxylation sites is 1. The Bertz CT molecular complexity index is 581. The monoisotopic (exact) mass is 241 g/mol. The molecule has 0 spiro atoms. The predicted octanol–water partition coefficient (Wildman–Crippen LogP) is 3.27. The molecule has 0 aliphatic rings. The zero-order chi connectivity index (χ0) is 13.0. The molecule has 1 aromatic carbocycles. The molecule has 0 N–H and O–H groups in total. The molecule has 0 amide bonds. The van der Waals surface area contributed by atoms with Crippen molar-refractivity contribution < 1.29 is 4.74 Å². The lowest BCUT2D eigenvalue weighted by atomic mass is 10.1. The van der Waals surface area contributed by atoms with Gasteiger partial charge in [0.05, 0.1) is 18.0 Å². The minimum Gasteiger partial charge on any atom is -0.452 e. The lowest BCUT2D eigenvalue weighted by Crippen LogP contribution is -1.95. The van der Waals surface area contributed by atoms with Crippen molar-refractivity contribution in [1.29, 1.82) is 5.26 Å². The maximum atomic E-state index is 9.06. The highest BCUT2D eigenvalue weighted by atomic mass is 16.5. The Morgan fingerprint density at radius 1 is 1.44 bits per heavy atom. The van der Waals surface area contributed by atoms with E-state index in [-0.39, 0.29) is 0 Å². The van der Waals surface area contributed by atoms with Gasteiger partial charge in [-0.3, -0.25) is 4.68 Å². The third-order valence-corrected chi connectivity index (χ3v) is 2.61. The molecular formula is C14H15N3O. The molecule has 18 heavy (non-hydrogen) atoms. The molecule has 0 radical (unpaired) electrons. The number of benzene rings is 1. The van der Waals surface area contributed by atoms with Crippen molar-refractivity contribution in [2.75, 3.05) is 0 Å². The second-order valence-corrected chi connectivity index (χ2v) is 4.10. The van der Waals surface area contributed by atoms with Crippen molar-refractivity contribution in [3.8, 4) is 17.6 Å². The second kappa shape index (κ2) is 5.37. The van der Waals surface area contributed by atoms with Gasteiger partial charge in [-0.15, -0.1) is 0 Å². The minimum atomic E-state index is 0.540. The van der Waals surface area contributed by atoms with Gasteiger partial charge in [-0.1, -0.05) is 19.1 Å². The summed E-state index contributed by atoms with van der Waals surface area (Å²) in [5.41, 5.74) is 1.48. The fourth-order valence-electron chi connectivity index (χ4n) is 1.74.